The van der Waals surface area contributed by atoms with E-state index >= 15 is 0 Å². The number of carbonyl (C=O) groups excluding carboxylic acids is 3. The predicted octanol–water partition coefficient (Wildman–Crippen LogP) is 0.833. The van der Waals surface area contributed by atoms with Crippen molar-refractivity contribution in [3.8, 4) is 0 Å². The van der Waals surface area contributed by atoms with E-state index in [0.29, 0.717) is 11.1 Å². The smallest absolute Gasteiger partial charge is 0.372 e. The molecule has 0 rings (SSSR count). The first-order valence-electron chi connectivity index (χ1n) is 7.09. The van der Waals surface area contributed by atoms with Crippen molar-refractivity contribution < 1.29 is 23.9 Å². The van der Waals surface area contributed by atoms with E-state index in [0.717, 1.165) is 0 Å². The molecule has 0 saturated carbocycles. The molecule has 0 aliphatic rings. The van der Waals surface area contributed by atoms with E-state index in [9.17, 15) is 14.4 Å². The fourth-order valence-corrected chi connectivity index (χ4v) is 1.33. The predicted molar refractivity (Wildman–Crippen MR) is 86.3 cm³/mol. The van der Waals surface area contributed by atoms with Gasteiger partial charge in [0.2, 0.25) is 11.8 Å². The molecule has 7 nitrogen and oxygen atoms in total. The van der Waals surface area contributed by atoms with Crippen LogP contribution in [0.3, 0.4) is 0 Å². The first-order chi connectivity index (χ1) is 10.7. The molecule has 0 bridgehead atoms. The molecule has 0 unspecified atom stereocenters. The highest BCUT2D eigenvalue weighted by atomic mass is 16.6. The van der Waals surface area contributed by atoms with Gasteiger partial charge in [-0.15, -0.1) is 0 Å². The summed E-state index contributed by atoms with van der Waals surface area (Å²) in [5.74, 6) is -1.61. The maximum atomic E-state index is 11.5. The Morgan fingerprint density at radius 1 is 0.957 bits per heavy atom. The highest BCUT2D eigenvalue weighted by molar-refractivity contribution is 5.92. The Morgan fingerprint density at radius 2 is 1.39 bits per heavy atom. The van der Waals surface area contributed by atoms with Gasteiger partial charge in [0, 0.05) is 11.1 Å². The van der Waals surface area contributed by atoms with Gasteiger partial charge in [0.25, 0.3) is 0 Å². The highest BCUT2D eigenvalue weighted by Crippen LogP contribution is 2.03. The SMILES string of the molecule is C=C(C)C(=O)NCC(CNC(=O)C(=C)C)OC(=C)C(=O)OCC. The Balaban J connectivity index is 4.71. The van der Waals surface area contributed by atoms with Gasteiger partial charge < -0.3 is 20.1 Å². The van der Waals surface area contributed by atoms with Gasteiger partial charge in [0.15, 0.2) is 5.76 Å². The average molecular weight is 324 g/mol. The van der Waals surface area contributed by atoms with Crippen molar-refractivity contribution in [2.75, 3.05) is 19.7 Å². The van der Waals surface area contributed by atoms with E-state index in [-0.39, 0.29) is 37.3 Å². The van der Waals surface area contributed by atoms with Crippen LogP contribution in [0.4, 0.5) is 0 Å². The number of carbonyl (C=O) groups is 3. The second kappa shape index (κ2) is 10.2. The Labute approximate surface area is 136 Å². The normalized spacial score (nSPS) is 9.74. The monoisotopic (exact) mass is 324 g/mol. The van der Waals surface area contributed by atoms with Gasteiger partial charge in [-0.25, -0.2) is 4.79 Å². The molecule has 0 fully saturated rings. The van der Waals surface area contributed by atoms with E-state index in [4.69, 9.17) is 9.47 Å². The lowest BCUT2D eigenvalue weighted by Gasteiger charge is -2.20. The molecule has 23 heavy (non-hydrogen) atoms. The number of esters is 1. The van der Waals surface area contributed by atoms with Crippen LogP contribution in [0.5, 0.6) is 0 Å². The highest BCUT2D eigenvalue weighted by Gasteiger charge is 2.18. The van der Waals surface area contributed by atoms with Gasteiger partial charge in [-0.3, -0.25) is 9.59 Å². The molecule has 0 atom stereocenters. The molecular weight excluding hydrogens is 300 g/mol. The minimum absolute atomic E-state index is 0.0561. The third-order valence-corrected chi connectivity index (χ3v) is 2.57. The number of hydrogen-bond acceptors (Lipinski definition) is 5. The second-order valence-electron chi connectivity index (χ2n) is 4.86. The third kappa shape index (κ3) is 8.45. The van der Waals surface area contributed by atoms with Crippen molar-refractivity contribution in [3.05, 3.63) is 36.6 Å². The summed E-state index contributed by atoms with van der Waals surface area (Å²) in [6, 6.07) is 0. The van der Waals surface area contributed by atoms with Crippen LogP contribution < -0.4 is 10.6 Å². The Kier molecular flexibility index (Phi) is 9.07. The molecule has 7 heteroatoms. The quantitative estimate of drug-likeness (QED) is 0.353. The maximum Gasteiger partial charge on any atom is 0.372 e. The largest absolute Gasteiger partial charge is 0.480 e. The Hall–Kier alpha value is -2.57. The molecule has 2 N–H and O–H groups in total. The zero-order valence-corrected chi connectivity index (χ0v) is 13.9. The molecule has 0 aliphatic carbocycles. The van der Waals surface area contributed by atoms with E-state index in [1.807, 2.05) is 0 Å². The first-order valence-corrected chi connectivity index (χ1v) is 7.09. The summed E-state index contributed by atoms with van der Waals surface area (Å²) in [6.45, 7) is 15.6. The van der Waals surface area contributed by atoms with Crippen LogP contribution in [0.25, 0.3) is 0 Å². The molecule has 0 aromatic carbocycles. The standard InChI is InChI=1S/C16H24N2O5/c1-7-22-16(21)12(6)23-13(8-17-14(19)10(2)3)9-18-15(20)11(4)5/h13H,2,4,6-9H2,1,3,5H3,(H,17,19)(H,18,20). The lowest BCUT2D eigenvalue weighted by Crippen LogP contribution is -2.42. The number of rotatable bonds is 10. The molecule has 0 radical (unpaired) electrons. The van der Waals surface area contributed by atoms with Crippen molar-refractivity contribution in [3.63, 3.8) is 0 Å². The van der Waals surface area contributed by atoms with Gasteiger partial charge in [-0.05, 0) is 27.4 Å². The molecule has 2 amide bonds. The zero-order chi connectivity index (χ0) is 18.0. The van der Waals surface area contributed by atoms with Crippen molar-refractivity contribution in [2.45, 2.75) is 26.9 Å². The van der Waals surface area contributed by atoms with Crippen LogP contribution in [-0.2, 0) is 23.9 Å². The first kappa shape index (κ1) is 20.4. The molecule has 0 aliphatic heterocycles. The summed E-state index contributed by atoms with van der Waals surface area (Å²) in [5, 5.41) is 5.16. The molecule has 0 aromatic rings. The summed E-state index contributed by atoms with van der Waals surface area (Å²) in [4.78, 5) is 34.6. The summed E-state index contributed by atoms with van der Waals surface area (Å²) in [6.07, 6.45) is -0.696. The lowest BCUT2D eigenvalue weighted by molar-refractivity contribution is -0.143. The molecule has 0 spiro atoms. The minimum Gasteiger partial charge on any atom is -0.480 e. The van der Waals surface area contributed by atoms with Crippen LogP contribution in [0.1, 0.15) is 20.8 Å². The molecular formula is C16H24N2O5. The minimum atomic E-state index is -0.699. The van der Waals surface area contributed by atoms with Crippen molar-refractivity contribution in [1.82, 2.24) is 10.6 Å². The van der Waals surface area contributed by atoms with Gasteiger partial charge in [-0.2, -0.15) is 0 Å². The molecule has 128 valence electrons. The fraction of sp³-hybridized carbons (Fsp3) is 0.438. The third-order valence-electron chi connectivity index (χ3n) is 2.57. The summed E-state index contributed by atoms with van der Waals surface area (Å²) < 4.78 is 10.1. The van der Waals surface area contributed by atoms with Crippen LogP contribution in [0.15, 0.2) is 36.6 Å². The number of hydrogen-bond donors (Lipinski definition) is 2. The summed E-state index contributed by atoms with van der Waals surface area (Å²) in [7, 11) is 0. The Morgan fingerprint density at radius 3 is 1.74 bits per heavy atom. The average Bonchev–Trinajstić information content (AvgIpc) is 2.48. The zero-order valence-electron chi connectivity index (χ0n) is 13.9. The fourth-order valence-electron chi connectivity index (χ4n) is 1.33. The maximum absolute atomic E-state index is 11.5. The lowest BCUT2D eigenvalue weighted by atomic mass is 10.2. The van der Waals surface area contributed by atoms with Gasteiger partial charge in [0.05, 0.1) is 19.7 Å². The number of ether oxygens (including phenoxy) is 2. The van der Waals surface area contributed by atoms with E-state index in [2.05, 4.69) is 30.4 Å². The molecule has 0 saturated heterocycles. The molecule has 0 heterocycles. The van der Waals surface area contributed by atoms with Crippen LogP contribution >= 0.6 is 0 Å². The van der Waals surface area contributed by atoms with E-state index < -0.39 is 12.1 Å². The second-order valence-corrected chi connectivity index (χ2v) is 4.86. The van der Waals surface area contributed by atoms with Crippen LogP contribution in [0, 0.1) is 0 Å². The Bertz CT molecular complexity index is 481. The summed E-state index contributed by atoms with van der Waals surface area (Å²) >= 11 is 0. The van der Waals surface area contributed by atoms with Crippen molar-refractivity contribution >= 4 is 17.8 Å². The van der Waals surface area contributed by atoms with Crippen molar-refractivity contribution in [2.24, 2.45) is 0 Å². The van der Waals surface area contributed by atoms with Gasteiger partial charge in [-0.1, -0.05) is 13.2 Å². The summed E-state index contributed by atoms with van der Waals surface area (Å²) in [5.41, 5.74) is 0.665. The molecule has 0 aromatic heterocycles. The topological polar surface area (TPSA) is 93.7 Å². The van der Waals surface area contributed by atoms with Gasteiger partial charge in [0.1, 0.15) is 6.10 Å². The van der Waals surface area contributed by atoms with Crippen LogP contribution in [0.2, 0.25) is 0 Å². The number of nitrogens with one attached hydrogen (secondary N) is 2. The van der Waals surface area contributed by atoms with Crippen molar-refractivity contribution in [1.29, 1.82) is 0 Å². The van der Waals surface area contributed by atoms with E-state index in [1.165, 1.54) is 0 Å². The number of amides is 2. The van der Waals surface area contributed by atoms with Gasteiger partial charge >= 0.3 is 5.97 Å². The van der Waals surface area contributed by atoms with E-state index in [1.54, 1.807) is 20.8 Å². The van der Waals surface area contributed by atoms with Crippen LogP contribution in [-0.4, -0.2) is 43.6 Å².